The van der Waals surface area contributed by atoms with E-state index in [2.05, 4.69) is 20.9 Å². The van der Waals surface area contributed by atoms with Gasteiger partial charge in [-0.05, 0) is 61.4 Å². The molecule has 1 atom stereocenters. The smallest absolute Gasteiger partial charge is 0.251 e. The van der Waals surface area contributed by atoms with Gasteiger partial charge in [-0.2, -0.15) is 0 Å². The van der Waals surface area contributed by atoms with Crippen molar-refractivity contribution in [2.45, 2.75) is 18.9 Å². The summed E-state index contributed by atoms with van der Waals surface area (Å²) in [5.41, 5.74) is 13.7. The first-order valence-corrected chi connectivity index (χ1v) is 10.7. The molecule has 8 nitrogen and oxygen atoms in total. The van der Waals surface area contributed by atoms with E-state index in [1.165, 1.54) is 0 Å². The molecule has 33 heavy (non-hydrogen) atoms. The Bertz CT molecular complexity index is 1070. The molecule has 2 amide bonds. The summed E-state index contributed by atoms with van der Waals surface area (Å²) >= 11 is 0. The van der Waals surface area contributed by atoms with Crippen LogP contribution in [0.25, 0.3) is 0 Å². The van der Waals surface area contributed by atoms with Crippen molar-refractivity contribution < 1.29 is 9.59 Å². The lowest BCUT2D eigenvalue weighted by atomic mass is 10.1. The van der Waals surface area contributed by atoms with Gasteiger partial charge in [0.15, 0.2) is 5.96 Å². The lowest BCUT2D eigenvalue weighted by Gasteiger charge is -2.18. The molecule has 8 heteroatoms. The second-order valence-electron chi connectivity index (χ2n) is 7.40. The van der Waals surface area contributed by atoms with E-state index in [0.717, 1.165) is 11.4 Å². The van der Waals surface area contributed by atoms with Gasteiger partial charge in [-0.1, -0.05) is 36.4 Å². The number of guanidine groups is 1. The van der Waals surface area contributed by atoms with Crippen LogP contribution in [0.5, 0.6) is 0 Å². The monoisotopic (exact) mass is 444 g/mol. The van der Waals surface area contributed by atoms with Gasteiger partial charge in [0.25, 0.3) is 5.91 Å². The van der Waals surface area contributed by atoms with Crippen molar-refractivity contribution in [3.63, 3.8) is 0 Å². The number of nitrogens with one attached hydrogen (secondary N) is 3. The standard InChI is InChI=1S/C25H28N6O2/c26-25(27)28-17-7-12-22(31-23(32)18-8-3-1-4-9-18)24(33)30-21-15-13-20(14-16-21)29-19-10-5-2-6-11-19/h1-6,8-11,13-16,22,29H,7,12,17H2,(H,30,33)(H,31,32)(H4,26,27,28). The normalized spacial score (nSPS) is 11.2. The van der Waals surface area contributed by atoms with Crippen LogP contribution >= 0.6 is 0 Å². The van der Waals surface area contributed by atoms with Crippen molar-refractivity contribution in [2.24, 2.45) is 16.5 Å². The molecule has 0 saturated heterocycles. The summed E-state index contributed by atoms with van der Waals surface area (Å²) in [6.07, 6.45) is 0.916. The quantitative estimate of drug-likeness (QED) is 0.186. The number of nitrogens with zero attached hydrogens (tertiary/aromatic N) is 1. The minimum absolute atomic E-state index is 0.00600. The van der Waals surface area contributed by atoms with Gasteiger partial charge in [-0.15, -0.1) is 0 Å². The topological polar surface area (TPSA) is 135 Å². The molecule has 0 aliphatic rings. The SMILES string of the molecule is NC(N)=NCCCC(NC(=O)c1ccccc1)C(=O)Nc1ccc(Nc2ccccc2)cc1. The lowest BCUT2D eigenvalue weighted by Crippen LogP contribution is -2.44. The number of para-hydroxylation sites is 1. The first kappa shape index (κ1) is 23.3. The van der Waals surface area contributed by atoms with Crippen LogP contribution in [0.3, 0.4) is 0 Å². The summed E-state index contributed by atoms with van der Waals surface area (Å²) in [4.78, 5) is 29.5. The van der Waals surface area contributed by atoms with E-state index in [9.17, 15) is 9.59 Å². The summed E-state index contributed by atoms with van der Waals surface area (Å²) in [5, 5.41) is 8.98. The first-order valence-electron chi connectivity index (χ1n) is 10.7. The third kappa shape index (κ3) is 7.70. The Balaban J connectivity index is 1.63. The zero-order valence-corrected chi connectivity index (χ0v) is 18.2. The second kappa shape index (κ2) is 11.9. The van der Waals surface area contributed by atoms with Crippen molar-refractivity contribution in [2.75, 3.05) is 17.2 Å². The van der Waals surface area contributed by atoms with E-state index in [-0.39, 0.29) is 17.8 Å². The Morgan fingerprint density at radius 2 is 1.36 bits per heavy atom. The lowest BCUT2D eigenvalue weighted by molar-refractivity contribution is -0.118. The second-order valence-corrected chi connectivity index (χ2v) is 7.40. The number of benzene rings is 3. The van der Waals surface area contributed by atoms with E-state index in [1.54, 1.807) is 36.4 Å². The van der Waals surface area contributed by atoms with E-state index >= 15 is 0 Å². The van der Waals surface area contributed by atoms with Crippen molar-refractivity contribution in [3.8, 4) is 0 Å². The van der Waals surface area contributed by atoms with Crippen molar-refractivity contribution in [3.05, 3.63) is 90.5 Å². The molecule has 0 heterocycles. The van der Waals surface area contributed by atoms with Gasteiger partial charge in [0.2, 0.25) is 5.91 Å². The maximum atomic E-state index is 13.0. The van der Waals surface area contributed by atoms with Crippen LogP contribution in [0.2, 0.25) is 0 Å². The highest BCUT2D eigenvalue weighted by Gasteiger charge is 2.21. The molecule has 0 fully saturated rings. The first-order chi connectivity index (χ1) is 16.0. The number of hydrogen-bond acceptors (Lipinski definition) is 4. The molecule has 1 unspecified atom stereocenters. The summed E-state index contributed by atoms with van der Waals surface area (Å²) < 4.78 is 0. The number of rotatable bonds is 10. The molecular weight excluding hydrogens is 416 g/mol. The Labute approximate surface area is 193 Å². The van der Waals surface area contributed by atoms with Crippen LogP contribution in [0.4, 0.5) is 17.1 Å². The molecule has 3 aromatic rings. The Kier molecular flexibility index (Phi) is 8.41. The predicted octanol–water partition coefficient (Wildman–Crippen LogP) is 3.22. The Hall–Kier alpha value is -4.33. The molecule has 170 valence electrons. The summed E-state index contributed by atoms with van der Waals surface area (Å²) in [6.45, 7) is 0.368. The van der Waals surface area contributed by atoms with E-state index in [0.29, 0.717) is 30.6 Å². The molecule has 3 rings (SSSR count). The minimum atomic E-state index is -0.742. The van der Waals surface area contributed by atoms with E-state index in [4.69, 9.17) is 11.5 Å². The van der Waals surface area contributed by atoms with Crippen LogP contribution < -0.4 is 27.4 Å². The highest BCUT2D eigenvalue weighted by molar-refractivity contribution is 6.01. The summed E-state index contributed by atoms with van der Waals surface area (Å²) in [7, 11) is 0. The highest BCUT2D eigenvalue weighted by Crippen LogP contribution is 2.19. The van der Waals surface area contributed by atoms with Crippen LogP contribution in [0.15, 0.2) is 89.9 Å². The van der Waals surface area contributed by atoms with Gasteiger partial charge < -0.3 is 27.4 Å². The number of carbonyl (C=O) groups excluding carboxylic acids is 2. The number of nitrogens with two attached hydrogens (primary N) is 2. The Morgan fingerprint density at radius 1 is 0.788 bits per heavy atom. The molecule has 0 aliphatic carbocycles. The third-order valence-corrected chi connectivity index (χ3v) is 4.82. The van der Waals surface area contributed by atoms with E-state index < -0.39 is 6.04 Å². The van der Waals surface area contributed by atoms with Crippen LogP contribution in [-0.4, -0.2) is 30.4 Å². The van der Waals surface area contributed by atoms with Gasteiger partial charge in [-0.25, -0.2) is 0 Å². The molecule has 0 spiro atoms. The molecular formula is C25H28N6O2. The summed E-state index contributed by atoms with van der Waals surface area (Å²) in [6, 6.07) is 25.2. The maximum Gasteiger partial charge on any atom is 0.251 e. The van der Waals surface area contributed by atoms with Crippen LogP contribution in [-0.2, 0) is 4.79 Å². The van der Waals surface area contributed by atoms with Crippen molar-refractivity contribution in [1.82, 2.24) is 5.32 Å². The number of amides is 2. The van der Waals surface area contributed by atoms with Gasteiger partial charge >= 0.3 is 0 Å². The molecule has 0 saturated carbocycles. The zero-order valence-electron chi connectivity index (χ0n) is 18.2. The van der Waals surface area contributed by atoms with Crippen LogP contribution in [0, 0.1) is 0 Å². The van der Waals surface area contributed by atoms with Gasteiger partial charge in [0, 0.05) is 29.2 Å². The molecule has 7 N–H and O–H groups in total. The van der Waals surface area contributed by atoms with Gasteiger partial charge in [-0.3, -0.25) is 14.6 Å². The predicted molar refractivity (Wildman–Crippen MR) is 132 cm³/mol. The fourth-order valence-electron chi connectivity index (χ4n) is 3.16. The summed E-state index contributed by atoms with van der Waals surface area (Å²) in [5.74, 6) is -0.638. The number of hydrogen-bond donors (Lipinski definition) is 5. The van der Waals surface area contributed by atoms with Gasteiger partial charge in [0.05, 0.1) is 0 Å². The fourth-order valence-corrected chi connectivity index (χ4v) is 3.16. The number of carbonyl (C=O) groups is 2. The largest absolute Gasteiger partial charge is 0.370 e. The average Bonchev–Trinajstić information content (AvgIpc) is 2.83. The number of aliphatic imine (C=N–C) groups is 1. The van der Waals surface area contributed by atoms with Crippen molar-refractivity contribution >= 4 is 34.8 Å². The maximum absolute atomic E-state index is 13.0. The molecule has 0 radical (unpaired) electrons. The molecule has 0 aromatic heterocycles. The third-order valence-electron chi connectivity index (χ3n) is 4.82. The zero-order chi connectivity index (χ0) is 23.5. The highest BCUT2D eigenvalue weighted by atomic mass is 16.2. The fraction of sp³-hybridized carbons (Fsp3) is 0.160. The molecule has 3 aromatic carbocycles. The minimum Gasteiger partial charge on any atom is -0.370 e. The van der Waals surface area contributed by atoms with Gasteiger partial charge in [0.1, 0.15) is 6.04 Å². The van der Waals surface area contributed by atoms with Crippen LogP contribution in [0.1, 0.15) is 23.2 Å². The average molecular weight is 445 g/mol. The van der Waals surface area contributed by atoms with Crippen molar-refractivity contribution in [1.29, 1.82) is 0 Å². The number of anilines is 3. The Morgan fingerprint density at radius 3 is 2.00 bits per heavy atom. The van der Waals surface area contributed by atoms with E-state index in [1.807, 2.05) is 48.5 Å². The molecule has 0 bridgehead atoms. The molecule has 0 aliphatic heterocycles.